The number of aromatic amines is 1. The molecule has 0 bridgehead atoms. The summed E-state index contributed by atoms with van der Waals surface area (Å²) in [5.74, 6) is 0.0712. The van der Waals surface area contributed by atoms with Crippen molar-refractivity contribution in [1.29, 1.82) is 0 Å². The molecule has 0 radical (unpaired) electrons. The summed E-state index contributed by atoms with van der Waals surface area (Å²) < 4.78 is 5.50. The molecule has 1 aliphatic heterocycles. The molecule has 0 saturated heterocycles. The number of fused-ring (bicyclic) bond motifs is 1. The number of hydrogen-bond acceptors (Lipinski definition) is 9. The number of aromatic nitrogens is 4. The van der Waals surface area contributed by atoms with Crippen molar-refractivity contribution >= 4 is 46.8 Å². The lowest BCUT2D eigenvalue weighted by Gasteiger charge is -2.19. The van der Waals surface area contributed by atoms with E-state index in [2.05, 4.69) is 19.9 Å². The fraction of sp³-hybridized carbons (Fsp3) is 0.320. The first kappa shape index (κ1) is 27.0. The number of aliphatic hydroxyl groups is 2. The number of rotatable bonds is 9. The van der Waals surface area contributed by atoms with Crippen LogP contribution < -0.4 is 15.4 Å². The Balaban J connectivity index is 1.72. The Morgan fingerprint density at radius 1 is 1.26 bits per heavy atom. The number of nitrogens with one attached hydrogen (secondary N) is 1. The molecule has 13 heteroatoms. The highest BCUT2D eigenvalue weighted by Crippen LogP contribution is 2.41. The fourth-order valence-corrected chi connectivity index (χ4v) is 4.66. The number of halogens is 1. The average molecular weight is 542 g/mol. The van der Waals surface area contributed by atoms with Gasteiger partial charge in [-0.2, -0.15) is 4.98 Å². The Bertz CT molecular complexity index is 1420. The van der Waals surface area contributed by atoms with E-state index in [1.165, 1.54) is 16.0 Å². The highest BCUT2D eigenvalue weighted by Gasteiger charge is 2.37. The lowest BCUT2D eigenvalue weighted by atomic mass is 10.1. The predicted molar refractivity (Wildman–Crippen MR) is 142 cm³/mol. The van der Waals surface area contributed by atoms with Gasteiger partial charge in [0.15, 0.2) is 5.82 Å². The lowest BCUT2D eigenvalue weighted by Crippen LogP contribution is -2.35. The minimum Gasteiger partial charge on any atom is -0.496 e. The molecule has 0 saturated carbocycles. The normalized spacial score (nSPS) is 13.8. The maximum atomic E-state index is 13.7. The van der Waals surface area contributed by atoms with Crippen LogP contribution in [0, 0.1) is 13.8 Å². The van der Waals surface area contributed by atoms with Crippen LogP contribution in [0.3, 0.4) is 0 Å². The third-order valence-electron chi connectivity index (χ3n) is 6.20. The number of pyridine rings is 1. The van der Waals surface area contributed by atoms with Gasteiger partial charge in [-0.3, -0.25) is 19.5 Å². The molecule has 4 rings (SSSR count). The first-order chi connectivity index (χ1) is 18.2. The molecular formula is C25H28ClN7O5. The van der Waals surface area contributed by atoms with Gasteiger partial charge in [0.25, 0.3) is 11.8 Å². The van der Waals surface area contributed by atoms with E-state index in [9.17, 15) is 19.8 Å². The number of hydrogen-bond donors (Lipinski definition) is 4. The van der Waals surface area contributed by atoms with Crippen molar-refractivity contribution in [1.82, 2.24) is 24.8 Å². The molecule has 200 valence electrons. The molecule has 0 spiro atoms. The van der Waals surface area contributed by atoms with Crippen molar-refractivity contribution < 1.29 is 24.5 Å². The van der Waals surface area contributed by atoms with Gasteiger partial charge in [0.05, 0.1) is 49.3 Å². The van der Waals surface area contributed by atoms with Crippen LogP contribution in [-0.2, 0) is 11.3 Å². The van der Waals surface area contributed by atoms with E-state index in [0.29, 0.717) is 28.3 Å². The minimum absolute atomic E-state index is 0.0145. The summed E-state index contributed by atoms with van der Waals surface area (Å²) >= 11 is 6.43. The standard InChI is InChI=1S/C25H28ClN7O5/c1-13-10-29-18(14(2)20(13)38-3)12-33-22-19(21(26)30-25(27)31-22)17(24(33)37)9-16-8-15(11-28-16)23(36)32(4-6-34)5-7-35/h8-11,28,34-35H,4-7,12H2,1-3H3,(H2,27,30,31). The van der Waals surface area contributed by atoms with Crippen molar-refractivity contribution in [2.75, 3.05) is 44.0 Å². The summed E-state index contributed by atoms with van der Waals surface area (Å²) in [5.41, 5.74) is 9.40. The summed E-state index contributed by atoms with van der Waals surface area (Å²) in [6.45, 7) is 3.51. The molecule has 3 aromatic heterocycles. The second kappa shape index (κ2) is 11.2. The summed E-state index contributed by atoms with van der Waals surface area (Å²) in [4.78, 5) is 45.0. The van der Waals surface area contributed by atoms with E-state index in [1.807, 2.05) is 13.8 Å². The van der Waals surface area contributed by atoms with E-state index in [1.54, 1.807) is 25.4 Å². The number of carbonyl (C=O) groups excluding carboxylic acids is 2. The van der Waals surface area contributed by atoms with Gasteiger partial charge in [-0.25, -0.2) is 4.98 Å². The monoisotopic (exact) mass is 541 g/mol. The van der Waals surface area contributed by atoms with Crippen molar-refractivity contribution in [3.63, 3.8) is 0 Å². The SMILES string of the molecule is COc1c(C)cnc(CN2C(=O)C(=Cc3cc(C(=O)N(CCO)CCO)c[nH]3)c3c(Cl)nc(N)nc32)c1C. The number of H-pyrrole nitrogens is 1. The summed E-state index contributed by atoms with van der Waals surface area (Å²) in [7, 11) is 1.58. The number of anilines is 2. The maximum absolute atomic E-state index is 13.7. The number of aryl methyl sites for hydroxylation is 1. The maximum Gasteiger partial charge on any atom is 0.260 e. The second-order valence-corrected chi connectivity index (χ2v) is 9.01. The Hall–Kier alpha value is -4.00. The zero-order valence-corrected chi connectivity index (χ0v) is 21.9. The summed E-state index contributed by atoms with van der Waals surface area (Å²) in [6, 6.07) is 1.56. The Morgan fingerprint density at radius 3 is 2.63 bits per heavy atom. The highest BCUT2D eigenvalue weighted by atomic mass is 35.5. The van der Waals surface area contributed by atoms with Crippen molar-refractivity contribution in [3.05, 3.63) is 57.3 Å². The van der Waals surface area contributed by atoms with Crippen LogP contribution in [0.15, 0.2) is 18.5 Å². The number of carbonyl (C=O) groups is 2. The van der Waals surface area contributed by atoms with Crippen molar-refractivity contribution in [2.45, 2.75) is 20.4 Å². The van der Waals surface area contributed by atoms with E-state index < -0.39 is 5.91 Å². The van der Waals surface area contributed by atoms with Crippen LogP contribution in [0.2, 0.25) is 5.15 Å². The second-order valence-electron chi connectivity index (χ2n) is 8.65. The molecule has 0 fully saturated rings. The molecule has 5 N–H and O–H groups in total. The average Bonchev–Trinajstić information content (AvgIpc) is 3.44. The summed E-state index contributed by atoms with van der Waals surface area (Å²) in [5, 5.41) is 18.5. The first-order valence-electron chi connectivity index (χ1n) is 11.8. The van der Waals surface area contributed by atoms with Gasteiger partial charge < -0.3 is 30.6 Å². The third kappa shape index (κ3) is 5.05. The number of nitrogens with zero attached hydrogens (tertiary/aromatic N) is 5. The number of amides is 2. The zero-order chi connectivity index (χ0) is 27.6. The molecule has 3 aromatic rings. The van der Waals surface area contributed by atoms with E-state index in [-0.39, 0.29) is 61.2 Å². The Labute approximate surface area is 223 Å². The van der Waals surface area contributed by atoms with Crippen LogP contribution in [0.4, 0.5) is 11.8 Å². The van der Waals surface area contributed by atoms with Gasteiger partial charge >= 0.3 is 0 Å². The van der Waals surface area contributed by atoms with Gasteiger partial charge in [0, 0.05) is 42.3 Å². The van der Waals surface area contributed by atoms with E-state index >= 15 is 0 Å². The van der Waals surface area contributed by atoms with Crippen LogP contribution in [0.5, 0.6) is 5.75 Å². The molecule has 0 atom stereocenters. The Kier molecular flexibility index (Phi) is 7.95. The molecule has 1 aliphatic rings. The minimum atomic E-state index is -0.396. The van der Waals surface area contributed by atoms with Gasteiger partial charge in [-0.05, 0) is 26.0 Å². The fourth-order valence-electron chi connectivity index (χ4n) is 4.39. The number of nitrogen functional groups attached to an aromatic ring is 1. The van der Waals surface area contributed by atoms with Crippen molar-refractivity contribution in [3.8, 4) is 5.75 Å². The number of nitrogens with two attached hydrogens (primary N) is 1. The molecule has 12 nitrogen and oxygen atoms in total. The zero-order valence-electron chi connectivity index (χ0n) is 21.2. The smallest absolute Gasteiger partial charge is 0.260 e. The van der Waals surface area contributed by atoms with Crippen LogP contribution in [-0.4, -0.2) is 80.3 Å². The van der Waals surface area contributed by atoms with E-state index in [4.69, 9.17) is 22.1 Å². The predicted octanol–water partition coefficient (Wildman–Crippen LogP) is 1.57. The molecule has 38 heavy (non-hydrogen) atoms. The number of aliphatic hydroxyl groups excluding tert-OH is 2. The summed E-state index contributed by atoms with van der Waals surface area (Å²) in [6.07, 6.45) is 4.72. The molecule has 0 aromatic carbocycles. The number of methoxy groups -OCH3 is 1. The molecule has 2 amide bonds. The van der Waals surface area contributed by atoms with Gasteiger partial charge in [-0.15, -0.1) is 0 Å². The largest absolute Gasteiger partial charge is 0.496 e. The van der Waals surface area contributed by atoms with Crippen LogP contribution in [0.1, 0.15) is 38.4 Å². The van der Waals surface area contributed by atoms with Gasteiger partial charge in [0.2, 0.25) is 5.95 Å². The lowest BCUT2D eigenvalue weighted by molar-refractivity contribution is -0.113. The highest BCUT2D eigenvalue weighted by molar-refractivity contribution is 6.41. The molecule has 0 aliphatic carbocycles. The Morgan fingerprint density at radius 2 is 1.97 bits per heavy atom. The van der Waals surface area contributed by atoms with E-state index in [0.717, 1.165) is 11.1 Å². The number of ether oxygens (including phenoxy) is 1. The van der Waals surface area contributed by atoms with Crippen molar-refractivity contribution in [2.24, 2.45) is 0 Å². The van der Waals surface area contributed by atoms with Crippen LogP contribution in [0.25, 0.3) is 11.6 Å². The quantitative estimate of drug-likeness (QED) is 0.232. The first-order valence-corrected chi connectivity index (χ1v) is 12.1. The van der Waals surface area contributed by atoms with Crippen LogP contribution >= 0.6 is 11.6 Å². The molecule has 0 unspecified atom stereocenters. The molecular weight excluding hydrogens is 514 g/mol. The third-order valence-corrected chi connectivity index (χ3v) is 6.47. The molecule has 4 heterocycles. The van der Waals surface area contributed by atoms with Gasteiger partial charge in [-0.1, -0.05) is 11.6 Å². The topological polar surface area (TPSA) is 171 Å². The van der Waals surface area contributed by atoms with Gasteiger partial charge in [0.1, 0.15) is 10.9 Å².